The van der Waals surface area contributed by atoms with Gasteiger partial charge in [-0.2, -0.15) is 0 Å². The van der Waals surface area contributed by atoms with Crippen molar-refractivity contribution in [1.82, 2.24) is 10.3 Å². The van der Waals surface area contributed by atoms with Gasteiger partial charge in [-0.3, -0.25) is 4.79 Å². The van der Waals surface area contributed by atoms with Gasteiger partial charge in [0.25, 0.3) is 0 Å². The first-order valence-corrected chi connectivity index (χ1v) is 9.27. The molecule has 3 aromatic rings. The normalized spacial score (nSPS) is 10.6. The number of hydrogen-bond acceptors (Lipinski definition) is 4. The molecule has 1 heterocycles. The summed E-state index contributed by atoms with van der Waals surface area (Å²) in [6.07, 6.45) is 2.82. The number of benzene rings is 2. The van der Waals surface area contributed by atoms with Crippen LogP contribution in [0.4, 0.5) is 4.39 Å². The SMILES string of the molecule is Cc1cccc(OCCCNC(=O)CCc2ncc(-c3ccccc3F)o2)c1. The summed E-state index contributed by atoms with van der Waals surface area (Å²) in [7, 11) is 0. The van der Waals surface area contributed by atoms with Gasteiger partial charge in [0, 0.05) is 19.4 Å². The monoisotopic (exact) mass is 382 g/mol. The Hall–Kier alpha value is -3.15. The van der Waals surface area contributed by atoms with Gasteiger partial charge in [0.2, 0.25) is 5.91 Å². The molecule has 0 spiro atoms. The Labute approximate surface area is 163 Å². The third kappa shape index (κ3) is 5.67. The van der Waals surface area contributed by atoms with Gasteiger partial charge in [-0.1, -0.05) is 24.3 Å². The second-order valence-electron chi connectivity index (χ2n) is 6.47. The molecule has 6 heteroatoms. The van der Waals surface area contributed by atoms with Crippen LogP contribution in [0.25, 0.3) is 11.3 Å². The summed E-state index contributed by atoms with van der Waals surface area (Å²) in [5.74, 6) is 1.16. The minimum atomic E-state index is -0.365. The number of oxazole rings is 1. The minimum absolute atomic E-state index is 0.0822. The summed E-state index contributed by atoms with van der Waals surface area (Å²) in [5.41, 5.74) is 1.51. The highest BCUT2D eigenvalue weighted by atomic mass is 19.1. The number of amides is 1. The van der Waals surface area contributed by atoms with Crippen molar-refractivity contribution in [3.05, 3.63) is 72.0 Å². The van der Waals surface area contributed by atoms with E-state index in [-0.39, 0.29) is 18.1 Å². The lowest BCUT2D eigenvalue weighted by atomic mass is 10.2. The molecule has 0 aliphatic rings. The number of carbonyl (C=O) groups is 1. The van der Waals surface area contributed by atoms with E-state index in [0.29, 0.717) is 36.8 Å². The zero-order valence-corrected chi connectivity index (χ0v) is 15.8. The van der Waals surface area contributed by atoms with Gasteiger partial charge in [-0.05, 0) is 43.2 Å². The maximum absolute atomic E-state index is 13.8. The maximum Gasteiger partial charge on any atom is 0.220 e. The fourth-order valence-electron chi connectivity index (χ4n) is 2.72. The lowest BCUT2D eigenvalue weighted by molar-refractivity contribution is -0.121. The first kappa shape index (κ1) is 19.6. The molecule has 0 saturated heterocycles. The van der Waals surface area contributed by atoms with Crippen molar-refractivity contribution in [1.29, 1.82) is 0 Å². The van der Waals surface area contributed by atoms with Gasteiger partial charge in [0.15, 0.2) is 11.7 Å². The first-order valence-electron chi connectivity index (χ1n) is 9.27. The van der Waals surface area contributed by atoms with Crippen molar-refractivity contribution in [3.8, 4) is 17.1 Å². The molecule has 0 fully saturated rings. The molecule has 1 N–H and O–H groups in total. The van der Waals surface area contributed by atoms with E-state index < -0.39 is 0 Å². The Morgan fingerprint density at radius 3 is 2.89 bits per heavy atom. The molecule has 5 nitrogen and oxygen atoms in total. The number of ether oxygens (including phenoxy) is 1. The summed E-state index contributed by atoms with van der Waals surface area (Å²) in [4.78, 5) is 16.1. The number of rotatable bonds is 9. The molecule has 0 saturated carbocycles. The number of nitrogens with one attached hydrogen (secondary N) is 1. The Morgan fingerprint density at radius 2 is 2.07 bits per heavy atom. The standard InChI is InChI=1S/C22H23FN2O3/c1-16-6-4-7-17(14-16)27-13-5-12-24-21(26)10-11-22-25-15-20(28-22)18-8-2-3-9-19(18)23/h2-4,6-9,14-15H,5,10-13H2,1H3,(H,24,26). The fraction of sp³-hybridized carbons (Fsp3) is 0.273. The number of aryl methyl sites for hydroxylation is 2. The second-order valence-corrected chi connectivity index (χ2v) is 6.47. The molecule has 0 atom stereocenters. The van der Waals surface area contributed by atoms with E-state index in [4.69, 9.17) is 9.15 Å². The molecule has 0 bridgehead atoms. The molecule has 1 aromatic heterocycles. The smallest absolute Gasteiger partial charge is 0.220 e. The lowest BCUT2D eigenvalue weighted by Gasteiger charge is -2.07. The highest BCUT2D eigenvalue weighted by molar-refractivity contribution is 5.76. The number of aromatic nitrogens is 1. The molecular weight excluding hydrogens is 359 g/mol. The van der Waals surface area contributed by atoms with Gasteiger partial charge < -0.3 is 14.5 Å². The van der Waals surface area contributed by atoms with Gasteiger partial charge in [0.1, 0.15) is 11.6 Å². The van der Waals surface area contributed by atoms with Crippen LogP contribution in [0, 0.1) is 12.7 Å². The third-order valence-corrected chi connectivity index (χ3v) is 4.16. The van der Waals surface area contributed by atoms with Crippen molar-refractivity contribution in [2.75, 3.05) is 13.2 Å². The summed E-state index contributed by atoms with van der Waals surface area (Å²) >= 11 is 0. The lowest BCUT2D eigenvalue weighted by Crippen LogP contribution is -2.25. The van der Waals surface area contributed by atoms with Crippen LogP contribution < -0.4 is 10.1 Å². The molecule has 28 heavy (non-hydrogen) atoms. The number of nitrogens with zero attached hydrogens (tertiary/aromatic N) is 1. The van der Waals surface area contributed by atoms with E-state index >= 15 is 0 Å². The predicted molar refractivity (Wildman–Crippen MR) is 105 cm³/mol. The Bertz CT molecular complexity index is 923. The van der Waals surface area contributed by atoms with Crippen molar-refractivity contribution in [2.45, 2.75) is 26.2 Å². The third-order valence-electron chi connectivity index (χ3n) is 4.16. The van der Waals surface area contributed by atoms with Crippen molar-refractivity contribution in [3.63, 3.8) is 0 Å². The van der Waals surface area contributed by atoms with Crippen LogP contribution in [0.15, 0.2) is 59.1 Å². The number of hydrogen-bond donors (Lipinski definition) is 1. The minimum Gasteiger partial charge on any atom is -0.494 e. The summed E-state index contributed by atoms with van der Waals surface area (Å²) < 4.78 is 25.0. The quantitative estimate of drug-likeness (QED) is 0.560. The highest BCUT2D eigenvalue weighted by Gasteiger charge is 2.11. The summed E-state index contributed by atoms with van der Waals surface area (Å²) in [6, 6.07) is 14.2. The predicted octanol–water partition coefficient (Wildman–Crippen LogP) is 4.31. The van der Waals surface area contributed by atoms with Crippen molar-refractivity contribution >= 4 is 5.91 Å². The van der Waals surface area contributed by atoms with Crippen LogP contribution in [0.2, 0.25) is 0 Å². The van der Waals surface area contributed by atoms with Gasteiger partial charge in [-0.25, -0.2) is 9.37 Å². The van der Waals surface area contributed by atoms with Crippen LogP contribution >= 0.6 is 0 Å². The fourth-order valence-corrected chi connectivity index (χ4v) is 2.72. The number of carbonyl (C=O) groups excluding carboxylic acids is 1. The van der Waals surface area contributed by atoms with Crippen LogP contribution in [0.5, 0.6) is 5.75 Å². The molecule has 3 rings (SSSR count). The van der Waals surface area contributed by atoms with Crippen LogP contribution in [-0.2, 0) is 11.2 Å². The largest absolute Gasteiger partial charge is 0.494 e. The molecule has 0 aliphatic carbocycles. The molecule has 1 amide bonds. The van der Waals surface area contributed by atoms with Gasteiger partial charge in [-0.15, -0.1) is 0 Å². The highest BCUT2D eigenvalue weighted by Crippen LogP contribution is 2.23. The van der Waals surface area contributed by atoms with Crippen LogP contribution in [0.1, 0.15) is 24.3 Å². The van der Waals surface area contributed by atoms with E-state index in [9.17, 15) is 9.18 Å². The molecular formula is C22H23FN2O3. The molecule has 0 unspecified atom stereocenters. The van der Waals surface area contributed by atoms with Gasteiger partial charge >= 0.3 is 0 Å². The van der Waals surface area contributed by atoms with E-state index in [1.54, 1.807) is 18.2 Å². The van der Waals surface area contributed by atoms with E-state index in [0.717, 1.165) is 17.7 Å². The molecule has 146 valence electrons. The van der Waals surface area contributed by atoms with E-state index in [2.05, 4.69) is 10.3 Å². The van der Waals surface area contributed by atoms with Crippen LogP contribution in [-0.4, -0.2) is 24.0 Å². The molecule has 0 radical (unpaired) electrons. The average molecular weight is 382 g/mol. The van der Waals surface area contributed by atoms with Crippen molar-refractivity contribution in [2.24, 2.45) is 0 Å². The zero-order valence-electron chi connectivity index (χ0n) is 15.8. The maximum atomic E-state index is 13.8. The average Bonchev–Trinajstić information content (AvgIpc) is 3.15. The molecule has 0 aliphatic heterocycles. The Morgan fingerprint density at radius 1 is 1.21 bits per heavy atom. The number of halogens is 1. The van der Waals surface area contributed by atoms with Crippen molar-refractivity contribution < 1.29 is 18.3 Å². The Kier molecular flexibility index (Phi) is 6.78. The van der Waals surface area contributed by atoms with Gasteiger partial charge in [0.05, 0.1) is 18.4 Å². The van der Waals surface area contributed by atoms with E-state index in [1.807, 2.05) is 31.2 Å². The Balaban J connectivity index is 1.35. The summed E-state index contributed by atoms with van der Waals surface area (Å²) in [5, 5.41) is 2.85. The second kappa shape index (κ2) is 9.69. The zero-order chi connectivity index (χ0) is 19.8. The van der Waals surface area contributed by atoms with E-state index in [1.165, 1.54) is 12.3 Å². The first-order chi connectivity index (χ1) is 13.6. The molecule has 2 aromatic carbocycles. The topological polar surface area (TPSA) is 64.4 Å². The summed E-state index contributed by atoms with van der Waals surface area (Å²) in [6.45, 7) is 3.09. The van der Waals surface area contributed by atoms with Crippen LogP contribution in [0.3, 0.4) is 0 Å².